The fourth-order valence-corrected chi connectivity index (χ4v) is 5.70. The van der Waals surface area contributed by atoms with Crippen LogP contribution in [0.5, 0.6) is 11.5 Å². The molecule has 0 aromatic heterocycles. The Labute approximate surface area is 242 Å². The first-order chi connectivity index (χ1) is 19.9. The van der Waals surface area contributed by atoms with Crippen molar-refractivity contribution in [2.24, 2.45) is 10.9 Å². The Morgan fingerprint density at radius 1 is 0.976 bits per heavy atom. The molecule has 8 nitrogen and oxygen atoms in total. The van der Waals surface area contributed by atoms with E-state index in [0.29, 0.717) is 22.9 Å². The number of aliphatic imine (C=N–C) groups is 1. The molecule has 41 heavy (non-hydrogen) atoms. The third-order valence-corrected chi connectivity index (χ3v) is 8.01. The SMILES string of the molecule is COc1cc2c(cc1OC)C(C(=Nc1ccc(CCN3CCC(C(=O)N(C)C)CC3)cc1)c1ccccc1)C(=O)N2. The van der Waals surface area contributed by atoms with Gasteiger partial charge in [0.05, 0.1) is 25.6 Å². The number of hydrogen-bond acceptors (Lipinski definition) is 6. The summed E-state index contributed by atoms with van der Waals surface area (Å²) in [6, 6.07) is 21.7. The lowest BCUT2D eigenvalue weighted by molar-refractivity contribution is -0.134. The average Bonchev–Trinajstić information content (AvgIpc) is 3.33. The highest BCUT2D eigenvalue weighted by molar-refractivity contribution is 6.24. The molecule has 2 amide bonds. The number of nitrogens with one attached hydrogen (secondary N) is 1. The monoisotopic (exact) mass is 554 g/mol. The van der Waals surface area contributed by atoms with Gasteiger partial charge in [-0.1, -0.05) is 42.5 Å². The zero-order valence-electron chi connectivity index (χ0n) is 24.2. The van der Waals surface area contributed by atoms with E-state index in [1.807, 2.05) is 62.6 Å². The van der Waals surface area contributed by atoms with Crippen molar-refractivity contribution < 1.29 is 19.1 Å². The van der Waals surface area contributed by atoms with Crippen molar-refractivity contribution in [1.82, 2.24) is 9.80 Å². The summed E-state index contributed by atoms with van der Waals surface area (Å²) >= 11 is 0. The molecular weight excluding hydrogens is 516 g/mol. The Balaban J connectivity index is 1.33. The molecule has 0 aliphatic carbocycles. The highest BCUT2D eigenvalue weighted by atomic mass is 16.5. The lowest BCUT2D eigenvalue weighted by Crippen LogP contribution is -2.40. The molecule has 2 heterocycles. The number of likely N-dealkylation sites (tertiary alicyclic amines) is 1. The Kier molecular flexibility index (Phi) is 8.69. The summed E-state index contributed by atoms with van der Waals surface area (Å²) in [5, 5.41) is 3.00. The van der Waals surface area contributed by atoms with Crippen LogP contribution in [0.25, 0.3) is 0 Å². The molecule has 1 saturated heterocycles. The maximum Gasteiger partial charge on any atom is 0.238 e. The normalized spacial score (nSPS) is 17.6. The molecule has 1 N–H and O–H groups in total. The minimum Gasteiger partial charge on any atom is -0.493 e. The van der Waals surface area contributed by atoms with E-state index in [0.717, 1.165) is 55.7 Å². The minimum atomic E-state index is -0.589. The molecule has 3 aromatic rings. The first kappa shape index (κ1) is 28.4. The molecule has 2 aliphatic heterocycles. The van der Waals surface area contributed by atoms with Crippen molar-refractivity contribution in [3.05, 3.63) is 83.4 Å². The van der Waals surface area contributed by atoms with E-state index >= 15 is 0 Å². The van der Waals surface area contributed by atoms with Crippen LogP contribution in [-0.4, -0.2) is 75.3 Å². The Bertz CT molecular complexity index is 1410. The van der Waals surface area contributed by atoms with Crippen LogP contribution in [0.3, 0.4) is 0 Å². The molecular formula is C33H38N4O4. The van der Waals surface area contributed by atoms with Gasteiger partial charge in [-0.05, 0) is 67.2 Å². The number of rotatable bonds is 9. The standard InChI is InChI=1S/C33H38N4O4/c1-36(2)33(39)24-15-18-37(19-16-24)17-14-22-10-12-25(13-11-22)34-31(23-8-6-5-7-9-23)30-26-20-28(40-3)29(41-4)21-27(26)35-32(30)38/h5-13,20-21,24,30H,14-19H2,1-4H3,(H,35,38). The first-order valence-electron chi connectivity index (χ1n) is 14.1. The number of ether oxygens (including phenoxy) is 2. The molecule has 0 saturated carbocycles. The number of amides is 2. The summed E-state index contributed by atoms with van der Waals surface area (Å²) in [5.41, 5.74) is 5.09. The van der Waals surface area contributed by atoms with Crippen molar-refractivity contribution >= 4 is 28.9 Å². The number of nitrogens with zero attached hydrogens (tertiary/aromatic N) is 3. The molecule has 1 atom stereocenters. The van der Waals surface area contributed by atoms with Crippen molar-refractivity contribution in [2.75, 3.05) is 53.3 Å². The molecule has 3 aromatic carbocycles. The largest absolute Gasteiger partial charge is 0.493 e. The van der Waals surface area contributed by atoms with Crippen molar-refractivity contribution in [3.8, 4) is 11.5 Å². The second-order valence-electron chi connectivity index (χ2n) is 10.8. The smallest absolute Gasteiger partial charge is 0.238 e. The number of benzene rings is 3. The van der Waals surface area contributed by atoms with E-state index in [4.69, 9.17) is 14.5 Å². The maximum atomic E-state index is 13.3. The highest BCUT2D eigenvalue weighted by Gasteiger charge is 2.36. The molecule has 0 spiro atoms. The van der Waals surface area contributed by atoms with E-state index in [1.54, 1.807) is 25.2 Å². The maximum absolute atomic E-state index is 13.3. The van der Waals surface area contributed by atoms with Gasteiger partial charge in [0.1, 0.15) is 5.92 Å². The predicted molar refractivity (Wildman–Crippen MR) is 162 cm³/mol. The summed E-state index contributed by atoms with van der Waals surface area (Å²) < 4.78 is 11.0. The number of methoxy groups -OCH3 is 2. The van der Waals surface area contributed by atoms with Crippen molar-refractivity contribution in [3.63, 3.8) is 0 Å². The van der Waals surface area contributed by atoms with Crippen LogP contribution in [-0.2, 0) is 16.0 Å². The first-order valence-corrected chi connectivity index (χ1v) is 14.1. The van der Waals surface area contributed by atoms with Gasteiger partial charge in [-0.25, -0.2) is 0 Å². The third kappa shape index (κ3) is 6.28. The Morgan fingerprint density at radius 2 is 1.63 bits per heavy atom. The van der Waals surface area contributed by atoms with Crippen LogP contribution in [0.1, 0.15) is 35.4 Å². The Morgan fingerprint density at radius 3 is 2.27 bits per heavy atom. The predicted octanol–water partition coefficient (Wildman–Crippen LogP) is 4.90. The fraction of sp³-hybridized carbons (Fsp3) is 0.364. The summed E-state index contributed by atoms with van der Waals surface area (Å²) in [6.07, 6.45) is 2.77. The summed E-state index contributed by atoms with van der Waals surface area (Å²) in [7, 11) is 6.84. The van der Waals surface area contributed by atoms with Crippen LogP contribution >= 0.6 is 0 Å². The second-order valence-corrected chi connectivity index (χ2v) is 10.8. The van der Waals surface area contributed by atoms with Gasteiger partial charge in [0.15, 0.2) is 11.5 Å². The third-order valence-electron chi connectivity index (χ3n) is 8.01. The number of carbonyl (C=O) groups excluding carboxylic acids is 2. The van der Waals surface area contributed by atoms with Crippen molar-refractivity contribution in [1.29, 1.82) is 0 Å². The van der Waals surface area contributed by atoms with E-state index in [9.17, 15) is 9.59 Å². The van der Waals surface area contributed by atoms with E-state index in [1.165, 1.54) is 5.56 Å². The zero-order chi connectivity index (χ0) is 28.9. The van der Waals surface area contributed by atoms with Crippen molar-refractivity contribution in [2.45, 2.75) is 25.2 Å². The molecule has 0 radical (unpaired) electrons. The molecule has 5 rings (SSSR count). The summed E-state index contributed by atoms with van der Waals surface area (Å²) in [6.45, 7) is 2.87. The van der Waals surface area contributed by atoms with E-state index in [-0.39, 0.29) is 17.7 Å². The average molecular weight is 555 g/mol. The van der Waals surface area contributed by atoms with Gasteiger partial charge in [-0.2, -0.15) is 0 Å². The van der Waals surface area contributed by atoms with Crippen LogP contribution in [0.2, 0.25) is 0 Å². The van der Waals surface area contributed by atoms with Gasteiger partial charge < -0.3 is 24.6 Å². The van der Waals surface area contributed by atoms with E-state index < -0.39 is 5.92 Å². The van der Waals surface area contributed by atoms with Gasteiger partial charge in [0, 0.05) is 38.3 Å². The molecule has 1 fully saturated rings. The summed E-state index contributed by atoms with van der Waals surface area (Å²) in [5.74, 6) is 0.799. The van der Waals surface area contributed by atoms with Crippen LogP contribution in [0.4, 0.5) is 11.4 Å². The molecule has 2 aliphatic rings. The number of fused-ring (bicyclic) bond motifs is 1. The lowest BCUT2D eigenvalue weighted by Gasteiger charge is -2.32. The van der Waals surface area contributed by atoms with Crippen LogP contribution in [0, 0.1) is 5.92 Å². The number of piperidine rings is 1. The van der Waals surface area contributed by atoms with Crippen LogP contribution in [0.15, 0.2) is 71.7 Å². The van der Waals surface area contributed by atoms with Gasteiger partial charge in [-0.3, -0.25) is 14.6 Å². The number of hydrogen-bond donors (Lipinski definition) is 1. The fourth-order valence-electron chi connectivity index (χ4n) is 5.70. The second kappa shape index (κ2) is 12.6. The topological polar surface area (TPSA) is 83.5 Å². The Hall–Kier alpha value is -4.17. The lowest BCUT2D eigenvalue weighted by atomic mass is 9.90. The minimum absolute atomic E-state index is 0.134. The summed E-state index contributed by atoms with van der Waals surface area (Å²) in [4.78, 5) is 34.8. The quantitative estimate of drug-likeness (QED) is 0.381. The molecule has 1 unspecified atom stereocenters. The van der Waals surface area contributed by atoms with Gasteiger partial charge >= 0.3 is 0 Å². The molecule has 8 heteroatoms. The van der Waals surface area contributed by atoms with Crippen LogP contribution < -0.4 is 14.8 Å². The number of carbonyl (C=O) groups is 2. The highest BCUT2D eigenvalue weighted by Crippen LogP contribution is 2.42. The zero-order valence-corrected chi connectivity index (χ0v) is 24.2. The molecule has 0 bridgehead atoms. The van der Waals surface area contributed by atoms with Gasteiger partial charge in [-0.15, -0.1) is 0 Å². The van der Waals surface area contributed by atoms with E-state index in [2.05, 4.69) is 22.3 Å². The van der Waals surface area contributed by atoms with Gasteiger partial charge in [0.2, 0.25) is 11.8 Å². The number of anilines is 1. The van der Waals surface area contributed by atoms with Gasteiger partial charge in [0.25, 0.3) is 0 Å². The molecule has 214 valence electrons.